The average molecular weight is 234 g/mol. The molecule has 1 saturated carbocycles. The molecule has 2 atom stereocenters. The van der Waals surface area contributed by atoms with Gasteiger partial charge in [0, 0.05) is 18.1 Å². The molecule has 0 heterocycles. The van der Waals surface area contributed by atoms with Crippen molar-refractivity contribution in [1.29, 1.82) is 0 Å². The van der Waals surface area contributed by atoms with Crippen LogP contribution in [0.1, 0.15) is 32.6 Å². The number of rotatable bonds is 7. The van der Waals surface area contributed by atoms with E-state index in [2.05, 4.69) is 12.3 Å². The predicted octanol–water partition coefficient (Wildman–Crippen LogP) is 0.689. The standard InChI is InChI=1S/C10H22N2O2S/c1-8(9-5-6-9)10(12-11)4-3-7-15(2,13)14/h8-10,12H,3-7,11H2,1-2H3. The van der Waals surface area contributed by atoms with Crippen LogP contribution in [0.3, 0.4) is 0 Å². The Balaban J connectivity index is 2.27. The Kier molecular flexibility index (Phi) is 4.55. The van der Waals surface area contributed by atoms with Crippen molar-refractivity contribution in [2.75, 3.05) is 12.0 Å². The summed E-state index contributed by atoms with van der Waals surface area (Å²) in [5, 5.41) is 0. The quantitative estimate of drug-likeness (QED) is 0.502. The fraction of sp³-hybridized carbons (Fsp3) is 1.00. The fourth-order valence-corrected chi connectivity index (χ4v) is 2.71. The van der Waals surface area contributed by atoms with Crippen LogP contribution in [0.2, 0.25) is 0 Å². The minimum atomic E-state index is -2.83. The summed E-state index contributed by atoms with van der Waals surface area (Å²) in [5.74, 6) is 7.12. The molecule has 4 nitrogen and oxygen atoms in total. The maximum absolute atomic E-state index is 11.0. The molecule has 15 heavy (non-hydrogen) atoms. The molecule has 0 aromatic heterocycles. The molecule has 3 N–H and O–H groups in total. The van der Waals surface area contributed by atoms with Crippen LogP contribution in [0.15, 0.2) is 0 Å². The summed E-state index contributed by atoms with van der Waals surface area (Å²) in [5.41, 5.74) is 2.81. The van der Waals surface area contributed by atoms with E-state index < -0.39 is 9.84 Å². The molecular formula is C10H22N2O2S. The first-order valence-corrected chi connectivity index (χ1v) is 7.64. The van der Waals surface area contributed by atoms with Crippen LogP contribution in [0.4, 0.5) is 0 Å². The van der Waals surface area contributed by atoms with Crippen molar-refractivity contribution in [3.63, 3.8) is 0 Å². The minimum absolute atomic E-state index is 0.263. The maximum atomic E-state index is 11.0. The van der Waals surface area contributed by atoms with Gasteiger partial charge in [0.05, 0.1) is 0 Å². The average Bonchev–Trinajstić information content (AvgIpc) is 2.92. The lowest BCUT2D eigenvalue weighted by Gasteiger charge is -2.22. The molecule has 0 saturated heterocycles. The topological polar surface area (TPSA) is 72.2 Å². The zero-order valence-corrected chi connectivity index (χ0v) is 10.4. The highest BCUT2D eigenvalue weighted by atomic mass is 32.2. The second-order valence-electron chi connectivity index (χ2n) is 4.74. The highest BCUT2D eigenvalue weighted by molar-refractivity contribution is 7.90. The van der Waals surface area contributed by atoms with Gasteiger partial charge in [0.2, 0.25) is 0 Å². The van der Waals surface area contributed by atoms with Gasteiger partial charge in [0.25, 0.3) is 0 Å². The van der Waals surface area contributed by atoms with Crippen LogP contribution in [0, 0.1) is 11.8 Å². The van der Waals surface area contributed by atoms with Gasteiger partial charge < -0.3 is 0 Å². The molecule has 0 spiro atoms. The first-order valence-electron chi connectivity index (χ1n) is 5.58. The summed E-state index contributed by atoms with van der Waals surface area (Å²) >= 11 is 0. The van der Waals surface area contributed by atoms with Gasteiger partial charge in [0.1, 0.15) is 9.84 Å². The zero-order chi connectivity index (χ0) is 11.5. The zero-order valence-electron chi connectivity index (χ0n) is 9.57. The molecule has 0 aromatic carbocycles. The Labute approximate surface area is 92.5 Å². The molecule has 2 unspecified atom stereocenters. The molecule has 0 aliphatic heterocycles. The minimum Gasteiger partial charge on any atom is -0.271 e. The molecule has 0 amide bonds. The second-order valence-corrected chi connectivity index (χ2v) is 7.00. The van der Waals surface area contributed by atoms with Crippen molar-refractivity contribution in [1.82, 2.24) is 5.43 Å². The SMILES string of the molecule is CC(C1CC1)C(CCCS(C)(=O)=O)NN. The van der Waals surface area contributed by atoms with Gasteiger partial charge in [-0.25, -0.2) is 8.42 Å². The first kappa shape index (κ1) is 12.9. The van der Waals surface area contributed by atoms with E-state index in [4.69, 9.17) is 5.84 Å². The van der Waals surface area contributed by atoms with Crippen LogP contribution in [0.5, 0.6) is 0 Å². The third-order valence-corrected chi connectivity index (χ3v) is 4.27. The number of hydrazine groups is 1. The van der Waals surface area contributed by atoms with Crippen LogP contribution in [-0.2, 0) is 9.84 Å². The number of hydrogen-bond donors (Lipinski definition) is 2. The van der Waals surface area contributed by atoms with E-state index in [1.54, 1.807) is 0 Å². The second kappa shape index (κ2) is 5.27. The van der Waals surface area contributed by atoms with Crippen molar-refractivity contribution < 1.29 is 8.42 Å². The van der Waals surface area contributed by atoms with E-state index in [1.807, 2.05) is 0 Å². The molecule has 5 heteroatoms. The Morgan fingerprint density at radius 1 is 1.47 bits per heavy atom. The Morgan fingerprint density at radius 2 is 2.07 bits per heavy atom. The first-order chi connectivity index (χ1) is 6.94. The number of nitrogens with two attached hydrogens (primary N) is 1. The summed E-state index contributed by atoms with van der Waals surface area (Å²) in [4.78, 5) is 0. The molecule has 0 bridgehead atoms. The largest absolute Gasteiger partial charge is 0.271 e. The van der Waals surface area contributed by atoms with Crippen LogP contribution in [-0.4, -0.2) is 26.5 Å². The predicted molar refractivity (Wildman–Crippen MR) is 61.9 cm³/mol. The number of nitrogens with one attached hydrogen (secondary N) is 1. The Hall–Kier alpha value is -0.130. The van der Waals surface area contributed by atoms with Crippen molar-refractivity contribution >= 4 is 9.84 Å². The van der Waals surface area contributed by atoms with Gasteiger partial charge in [-0.05, 0) is 37.5 Å². The number of sulfone groups is 1. The lowest BCUT2D eigenvalue weighted by atomic mass is 9.94. The van der Waals surface area contributed by atoms with Crippen LogP contribution in [0.25, 0.3) is 0 Å². The van der Waals surface area contributed by atoms with E-state index in [0.717, 1.165) is 12.3 Å². The van der Waals surface area contributed by atoms with Gasteiger partial charge in [-0.3, -0.25) is 11.3 Å². The normalized spacial score (nSPS) is 21.3. The lowest BCUT2D eigenvalue weighted by molar-refractivity contribution is 0.326. The van der Waals surface area contributed by atoms with E-state index in [1.165, 1.54) is 19.1 Å². The summed E-state index contributed by atoms with van der Waals surface area (Å²) in [6, 6.07) is 0.263. The van der Waals surface area contributed by atoms with E-state index in [0.29, 0.717) is 12.3 Å². The summed E-state index contributed by atoms with van der Waals surface area (Å²) in [6.45, 7) is 2.20. The molecule has 1 aliphatic rings. The molecule has 0 aromatic rings. The molecule has 1 rings (SSSR count). The van der Waals surface area contributed by atoms with Gasteiger partial charge in [-0.2, -0.15) is 0 Å². The lowest BCUT2D eigenvalue weighted by Crippen LogP contribution is -2.40. The summed E-state index contributed by atoms with van der Waals surface area (Å²) in [6.07, 6.45) is 5.42. The highest BCUT2D eigenvalue weighted by Gasteiger charge is 2.32. The number of hydrogen-bond acceptors (Lipinski definition) is 4. The van der Waals surface area contributed by atoms with Crippen molar-refractivity contribution in [3.05, 3.63) is 0 Å². The van der Waals surface area contributed by atoms with Gasteiger partial charge in [-0.15, -0.1) is 0 Å². The van der Waals surface area contributed by atoms with Gasteiger partial charge in [0.15, 0.2) is 0 Å². The fourth-order valence-electron chi connectivity index (χ4n) is 2.01. The van der Waals surface area contributed by atoms with Crippen molar-refractivity contribution in [3.8, 4) is 0 Å². The maximum Gasteiger partial charge on any atom is 0.147 e. The smallest absolute Gasteiger partial charge is 0.147 e. The highest BCUT2D eigenvalue weighted by Crippen LogP contribution is 2.38. The molecule has 1 fully saturated rings. The van der Waals surface area contributed by atoms with Crippen LogP contribution >= 0.6 is 0 Å². The molecule has 1 aliphatic carbocycles. The third kappa shape index (κ3) is 4.95. The van der Waals surface area contributed by atoms with Crippen molar-refractivity contribution in [2.45, 2.75) is 38.6 Å². The third-order valence-electron chi connectivity index (χ3n) is 3.24. The summed E-state index contributed by atoms with van der Waals surface area (Å²) < 4.78 is 21.9. The van der Waals surface area contributed by atoms with E-state index in [9.17, 15) is 8.42 Å². The Morgan fingerprint density at radius 3 is 2.47 bits per heavy atom. The van der Waals surface area contributed by atoms with Gasteiger partial charge in [-0.1, -0.05) is 6.92 Å². The van der Waals surface area contributed by atoms with Crippen LogP contribution < -0.4 is 11.3 Å². The van der Waals surface area contributed by atoms with Gasteiger partial charge >= 0.3 is 0 Å². The van der Waals surface area contributed by atoms with Crippen molar-refractivity contribution in [2.24, 2.45) is 17.7 Å². The van der Waals surface area contributed by atoms with E-state index >= 15 is 0 Å². The molecule has 90 valence electrons. The van der Waals surface area contributed by atoms with E-state index in [-0.39, 0.29) is 11.8 Å². The molecule has 0 radical (unpaired) electrons. The summed E-state index contributed by atoms with van der Waals surface area (Å²) in [7, 11) is -2.83. The monoisotopic (exact) mass is 234 g/mol. The Bertz CT molecular complexity index is 286. The molecular weight excluding hydrogens is 212 g/mol.